The molecule has 0 aliphatic heterocycles. The van der Waals surface area contributed by atoms with Crippen molar-refractivity contribution in [1.82, 2.24) is 0 Å². The molecule has 0 aromatic heterocycles. The van der Waals surface area contributed by atoms with Gasteiger partial charge in [-0.3, -0.25) is 0 Å². The summed E-state index contributed by atoms with van der Waals surface area (Å²) in [6, 6.07) is 6.79. The van der Waals surface area contributed by atoms with Crippen molar-refractivity contribution >= 4 is 0 Å². The SMILES string of the molecule is Oc1cccc(OC2CCCC(O)C2)c1. The van der Waals surface area contributed by atoms with Crippen LogP contribution >= 0.6 is 0 Å². The standard InChI is InChI=1S/C12H16O3/c13-9-3-1-5-11(7-9)15-12-6-2-4-10(14)8-12/h1,3,5,7,10,12-14H,2,4,6,8H2. The molecule has 1 saturated carbocycles. The van der Waals surface area contributed by atoms with Crippen molar-refractivity contribution in [1.29, 1.82) is 0 Å². The van der Waals surface area contributed by atoms with Crippen LogP contribution in [-0.4, -0.2) is 22.4 Å². The normalized spacial score (nSPS) is 26.2. The average molecular weight is 208 g/mol. The van der Waals surface area contributed by atoms with Gasteiger partial charge in [-0.05, 0) is 31.4 Å². The topological polar surface area (TPSA) is 49.7 Å². The van der Waals surface area contributed by atoms with Crippen molar-refractivity contribution in [2.45, 2.75) is 37.9 Å². The minimum absolute atomic E-state index is 0.0792. The van der Waals surface area contributed by atoms with E-state index in [-0.39, 0.29) is 18.0 Å². The van der Waals surface area contributed by atoms with Crippen molar-refractivity contribution in [3.05, 3.63) is 24.3 Å². The predicted molar refractivity (Wildman–Crippen MR) is 57.0 cm³/mol. The Labute approximate surface area is 89.3 Å². The lowest BCUT2D eigenvalue weighted by atomic mass is 9.95. The largest absolute Gasteiger partial charge is 0.508 e. The summed E-state index contributed by atoms with van der Waals surface area (Å²) in [6.07, 6.45) is 3.39. The number of benzene rings is 1. The van der Waals surface area contributed by atoms with Crippen LogP contribution in [0.25, 0.3) is 0 Å². The quantitative estimate of drug-likeness (QED) is 0.782. The molecule has 3 nitrogen and oxygen atoms in total. The minimum atomic E-state index is -0.235. The first-order chi connectivity index (χ1) is 7.24. The fraction of sp³-hybridized carbons (Fsp3) is 0.500. The molecule has 0 radical (unpaired) electrons. The number of aliphatic hydroxyl groups excluding tert-OH is 1. The molecule has 2 N–H and O–H groups in total. The van der Waals surface area contributed by atoms with Crippen LogP contribution in [0.15, 0.2) is 24.3 Å². The van der Waals surface area contributed by atoms with E-state index in [1.54, 1.807) is 18.2 Å². The van der Waals surface area contributed by atoms with Crippen LogP contribution in [0.1, 0.15) is 25.7 Å². The highest BCUT2D eigenvalue weighted by Crippen LogP contribution is 2.25. The number of aromatic hydroxyl groups is 1. The smallest absolute Gasteiger partial charge is 0.123 e. The molecule has 0 amide bonds. The van der Waals surface area contributed by atoms with E-state index in [0.717, 1.165) is 19.3 Å². The van der Waals surface area contributed by atoms with Crippen LogP contribution in [0, 0.1) is 0 Å². The fourth-order valence-electron chi connectivity index (χ4n) is 1.98. The Bertz CT molecular complexity index is 324. The first-order valence-electron chi connectivity index (χ1n) is 5.38. The maximum Gasteiger partial charge on any atom is 0.123 e. The molecule has 1 aromatic rings. The first kappa shape index (κ1) is 10.3. The molecule has 0 heterocycles. The Morgan fingerprint density at radius 2 is 2.13 bits per heavy atom. The number of ether oxygens (including phenoxy) is 1. The Kier molecular flexibility index (Phi) is 3.11. The number of rotatable bonds is 2. The van der Waals surface area contributed by atoms with Gasteiger partial charge in [-0.15, -0.1) is 0 Å². The summed E-state index contributed by atoms with van der Waals surface area (Å²) in [5.74, 6) is 0.887. The Balaban J connectivity index is 1.96. The molecule has 0 spiro atoms. The number of hydrogen-bond acceptors (Lipinski definition) is 3. The zero-order valence-electron chi connectivity index (χ0n) is 8.60. The van der Waals surface area contributed by atoms with Gasteiger partial charge >= 0.3 is 0 Å². The molecule has 0 saturated heterocycles. The average Bonchev–Trinajstić information content (AvgIpc) is 2.17. The van der Waals surface area contributed by atoms with Crippen LogP contribution in [0.4, 0.5) is 0 Å². The highest BCUT2D eigenvalue weighted by molar-refractivity contribution is 5.31. The van der Waals surface area contributed by atoms with Gasteiger partial charge in [0.2, 0.25) is 0 Å². The number of phenols is 1. The van der Waals surface area contributed by atoms with Gasteiger partial charge in [0.15, 0.2) is 0 Å². The van der Waals surface area contributed by atoms with Crippen LogP contribution in [-0.2, 0) is 0 Å². The van der Waals surface area contributed by atoms with E-state index in [1.165, 1.54) is 0 Å². The molecule has 1 fully saturated rings. The number of phenolic OH excluding ortho intramolecular Hbond substituents is 1. The van der Waals surface area contributed by atoms with E-state index in [0.29, 0.717) is 12.2 Å². The third-order valence-corrected chi connectivity index (χ3v) is 2.72. The van der Waals surface area contributed by atoms with Crippen LogP contribution in [0.3, 0.4) is 0 Å². The lowest BCUT2D eigenvalue weighted by Crippen LogP contribution is -2.28. The van der Waals surface area contributed by atoms with E-state index >= 15 is 0 Å². The van der Waals surface area contributed by atoms with Crippen molar-refractivity contribution in [2.75, 3.05) is 0 Å². The van der Waals surface area contributed by atoms with Crippen molar-refractivity contribution in [3.8, 4) is 11.5 Å². The number of hydrogen-bond donors (Lipinski definition) is 2. The van der Waals surface area contributed by atoms with Gasteiger partial charge in [0.05, 0.1) is 6.10 Å². The fourth-order valence-corrected chi connectivity index (χ4v) is 1.98. The number of aliphatic hydroxyl groups is 1. The Hall–Kier alpha value is -1.22. The van der Waals surface area contributed by atoms with E-state index in [1.807, 2.05) is 6.07 Å². The zero-order chi connectivity index (χ0) is 10.7. The van der Waals surface area contributed by atoms with Gasteiger partial charge in [0.1, 0.15) is 17.6 Å². The second-order valence-corrected chi connectivity index (χ2v) is 4.06. The van der Waals surface area contributed by atoms with E-state index < -0.39 is 0 Å². The maximum atomic E-state index is 9.48. The summed E-state index contributed by atoms with van der Waals surface area (Å²) in [5.41, 5.74) is 0. The van der Waals surface area contributed by atoms with Crippen LogP contribution in [0.5, 0.6) is 11.5 Å². The summed E-state index contributed by atoms with van der Waals surface area (Å²) in [4.78, 5) is 0. The zero-order valence-corrected chi connectivity index (χ0v) is 8.60. The van der Waals surface area contributed by atoms with Crippen molar-refractivity contribution in [2.24, 2.45) is 0 Å². The molecule has 1 aliphatic carbocycles. The summed E-state index contributed by atoms with van der Waals surface area (Å²) in [7, 11) is 0. The molecular formula is C12H16O3. The molecule has 2 unspecified atom stereocenters. The first-order valence-corrected chi connectivity index (χ1v) is 5.38. The second-order valence-electron chi connectivity index (χ2n) is 4.06. The highest BCUT2D eigenvalue weighted by atomic mass is 16.5. The molecule has 1 aromatic carbocycles. The van der Waals surface area contributed by atoms with Crippen LogP contribution < -0.4 is 4.74 Å². The van der Waals surface area contributed by atoms with E-state index in [4.69, 9.17) is 4.74 Å². The van der Waals surface area contributed by atoms with Gasteiger partial charge in [0.25, 0.3) is 0 Å². The van der Waals surface area contributed by atoms with E-state index in [9.17, 15) is 10.2 Å². The minimum Gasteiger partial charge on any atom is -0.508 e. The maximum absolute atomic E-state index is 9.48. The monoisotopic (exact) mass is 208 g/mol. The third kappa shape index (κ3) is 2.86. The van der Waals surface area contributed by atoms with Gasteiger partial charge < -0.3 is 14.9 Å². The molecule has 2 rings (SSSR count). The van der Waals surface area contributed by atoms with Gasteiger partial charge in [-0.2, -0.15) is 0 Å². The van der Waals surface area contributed by atoms with Gasteiger partial charge in [-0.25, -0.2) is 0 Å². The molecule has 2 atom stereocenters. The summed E-state index contributed by atoms with van der Waals surface area (Å²) < 4.78 is 5.69. The molecule has 82 valence electrons. The molecule has 1 aliphatic rings. The molecule has 0 bridgehead atoms. The lowest BCUT2D eigenvalue weighted by Gasteiger charge is -2.26. The van der Waals surface area contributed by atoms with Gasteiger partial charge in [0, 0.05) is 12.5 Å². The van der Waals surface area contributed by atoms with Crippen LogP contribution in [0.2, 0.25) is 0 Å². The Morgan fingerprint density at radius 3 is 2.87 bits per heavy atom. The predicted octanol–water partition coefficient (Wildman–Crippen LogP) is 2.07. The summed E-state index contributed by atoms with van der Waals surface area (Å²) >= 11 is 0. The summed E-state index contributed by atoms with van der Waals surface area (Å²) in [5, 5.41) is 18.7. The Morgan fingerprint density at radius 1 is 1.27 bits per heavy atom. The third-order valence-electron chi connectivity index (χ3n) is 2.72. The second kappa shape index (κ2) is 4.53. The molecular weight excluding hydrogens is 192 g/mol. The van der Waals surface area contributed by atoms with Gasteiger partial charge in [-0.1, -0.05) is 6.07 Å². The molecule has 15 heavy (non-hydrogen) atoms. The highest BCUT2D eigenvalue weighted by Gasteiger charge is 2.21. The van der Waals surface area contributed by atoms with E-state index in [2.05, 4.69) is 0 Å². The summed E-state index contributed by atoms with van der Waals surface area (Å²) in [6.45, 7) is 0. The van der Waals surface area contributed by atoms with Crippen molar-refractivity contribution < 1.29 is 14.9 Å². The van der Waals surface area contributed by atoms with Crippen molar-refractivity contribution in [3.63, 3.8) is 0 Å². The lowest BCUT2D eigenvalue weighted by molar-refractivity contribution is 0.0536. The molecule has 3 heteroatoms.